The quantitative estimate of drug-likeness (QED) is 0.577. The average molecular weight is 373 g/mol. The Morgan fingerprint density at radius 1 is 1.32 bits per heavy atom. The lowest BCUT2D eigenvalue weighted by Gasteiger charge is -2.41. The van der Waals surface area contributed by atoms with Gasteiger partial charge in [-0.05, 0) is 25.6 Å². The van der Waals surface area contributed by atoms with Crippen molar-refractivity contribution in [3.05, 3.63) is 23.8 Å². The average Bonchev–Trinajstić information content (AvgIpc) is 2.57. The molecule has 0 aliphatic carbocycles. The summed E-state index contributed by atoms with van der Waals surface area (Å²) in [5.41, 5.74) is 1.08. The van der Waals surface area contributed by atoms with Crippen molar-refractivity contribution >= 4 is 15.7 Å². The van der Waals surface area contributed by atoms with Crippen LogP contribution in [-0.2, 0) is 10.0 Å². The van der Waals surface area contributed by atoms with Crippen molar-refractivity contribution < 1.29 is 22.8 Å². The van der Waals surface area contributed by atoms with E-state index in [0.29, 0.717) is 16.6 Å². The Hall–Kier alpha value is -1.35. The van der Waals surface area contributed by atoms with Crippen LogP contribution in [0.1, 0.15) is 12.0 Å². The Bertz CT molecular complexity index is 685. The third-order valence-corrected chi connectivity index (χ3v) is 6.56. The van der Waals surface area contributed by atoms with Crippen LogP contribution in [0, 0.1) is 6.92 Å². The number of hydrogen-bond donors (Lipinski definition) is 1. The number of anilines is 1. The molecule has 1 saturated heterocycles. The number of hydrogen-bond acceptors (Lipinski definition) is 5. The molecule has 1 aliphatic heterocycles. The van der Waals surface area contributed by atoms with Crippen molar-refractivity contribution in [2.45, 2.75) is 13.3 Å². The van der Waals surface area contributed by atoms with Gasteiger partial charge in [-0.1, -0.05) is 6.07 Å². The minimum atomic E-state index is -3.78. The van der Waals surface area contributed by atoms with Gasteiger partial charge in [0.1, 0.15) is 5.75 Å². The predicted molar refractivity (Wildman–Crippen MR) is 98.7 cm³/mol. The number of sulfonamides is 1. The first-order chi connectivity index (χ1) is 11.7. The summed E-state index contributed by atoms with van der Waals surface area (Å²) in [5, 5.41) is 10.2. The van der Waals surface area contributed by atoms with Crippen LogP contribution in [-0.4, -0.2) is 82.7 Å². The highest BCUT2D eigenvalue weighted by Gasteiger charge is 2.28. The van der Waals surface area contributed by atoms with Crippen LogP contribution in [0.4, 0.5) is 5.69 Å². The number of methoxy groups -OCH3 is 1. The second-order valence-corrected chi connectivity index (χ2v) is 9.08. The largest absolute Gasteiger partial charge is 0.496 e. The molecule has 142 valence electrons. The Morgan fingerprint density at radius 3 is 2.56 bits per heavy atom. The van der Waals surface area contributed by atoms with Crippen molar-refractivity contribution in [3.8, 4) is 5.75 Å². The van der Waals surface area contributed by atoms with Crippen molar-refractivity contribution in [1.82, 2.24) is 4.90 Å². The molecule has 1 fully saturated rings. The number of quaternary nitrogens is 1. The zero-order valence-corrected chi connectivity index (χ0v) is 16.4. The molecule has 25 heavy (non-hydrogen) atoms. The molecular formula is C17H30N3O4S+. The fourth-order valence-corrected chi connectivity index (χ4v) is 4.18. The van der Waals surface area contributed by atoms with Crippen molar-refractivity contribution in [3.63, 3.8) is 0 Å². The first kappa shape index (κ1) is 20.0. The van der Waals surface area contributed by atoms with Crippen LogP contribution in [0.3, 0.4) is 0 Å². The predicted octanol–water partition coefficient (Wildman–Crippen LogP) is 1.31. The smallest absolute Gasteiger partial charge is 0.257 e. The van der Waals surface area contributed by atoms with Gasteiger partial charge in [0.25, 0.3) is 10.0 Å². The fourth-order valence-electron chi connectivity index (χ4n) is 3.07. The molecule has 8 heteroatoms. The SMILES string of the molecule is COc1cc(N(O)S(=O)(=O)CCC[N+]2(C)CCN(C)CC2)ccc1C. The van der Waals surface area contributed by atoms with E-state index in [1.54, 1.807) is 12.1 Å². The summed E-state index contributed by atoms with van der Waals surface area (Å²) in [6.07, 6.45) is 0.516. The van der Waals surface area contributed by atoms with Gasteiger partial charge < -0.3 is 9.22 Å². The maximum absolute atomic E-state index is 12.4. The number of benzene rings is 1. The van der Waals surface area contributed by atoms with Gasteiger partial charge in [0.15, 0.2) is 0 Å². The number of piperazine rings is 1. The molecule has 1 heterocycles. The van der Waals surface area contributed by atoms with Gasteiger partial charge in [0.05, 0.1) is 45.2 Å². The van der Waals surface area contributed by atoms with E-state index in [2.05, 4.69) is 19.0 Å². The molecule has 0 spiro atoms. The van der Waals surface area contributed by atoms with E-state index in [1.165, 1.54) is 13.2 Å². The molecule has 0 aromatic heterocycles. The van der Waals surface area contributed by atoms with E-state index in [4.69, 9.17) is 4.74 Å². The molecule has 1 N–H and O–H groups in total. The van der Waals surface area contributed by atoms with Gasteiger partial charge in [-0.15, -0.1) is 4.47 Å². The van der Waals surface area contributed by atoms with Gasteiger partial charge in [-0.2, -0.15) is 0 Å². The van der Waals surface area contributed by atoms with E-state index in [1.807, 2.05) is 6.92 Å². The molecule has 1 aromatic carbocycles. The number of nitrogens with zero attached hydrogens (tertiary/aromatic N) is 3. The zero-order valence-electron chi connectivity index (χ0n) is 15.6. The standard InChI is InChI=1S/C17H30N3O4S/c1-15-6-7-16(14-17(15)24-4)19(21)25(22,23)13-5-10-20(3)11-8-18(2)9-12-20/h6-7,14,21H,5,8-13H2,1-4H3/q+1. The molecule has 0 saturated carbocycles. The van der Waals surface area contributed by atoms with Gasteiger partial charge in [-0.3, -0.25) is 10.1 Å². The van der Waals surface area contributed by atoms with Gasteiger partial charge in [-0.25, -0.2) is 8.42 Å². The summed E-state index contributed by atoms with van der Waals surface area (Å²) in [5.74, 6) is 0.464. The summed E-state index contributed by atoms with van der Waals surface area (Å²) in [6, 6.07) is 4.83. The van der Waals surface area contributed by atoms with E-state index in [0.717, 1.165) is 42.8 Å². The second-order valence-electron chi connectivity index (χ2n) is 7.16. The summed E-state index contributed by atoms with van der Waals surface area (Å²) < 4.78 is 31.3. The van der Waals surface area contributed by atoms with E-state index in [-0.39, 0.29) is 11.4 Å². The lowest BCUT2D eigenvalue weighted by atomic mass is 10.2. The molecule has 2 rings (SSSR count). The monoisotopic (exact) mass is 372 g/mol. The third-order valence-electron chi connectivity index (χ3n) is 5.02. The van der Waals surface area contributed by atoms with Gasteiger partial charge in [0, 0.05) is 25.6 Å². The van der Waals surface area contributed by atoms with Crippen LogP contribution in [0.15, 0.2) is 18.2 Å². The third kappa shape index (κ3) is 5.07. The lowest BCUT2D eigenvalue weighted by molar-refractivity contribution is -0.913. The summed E-state index contributed by atoms with van der Waals surface area (Å²) in [7, 11) is 2.01. The van der Waals surface area contributed by atoms with Crippen LogP contribution in [0.25, 0.3) is 0 Å². The summed E-state index contributed by atoms with van der Waals surface area (Å²) in [6.45, 7) is 6.75. The van der Waals surface area contributed by atoms with Gasteiger partial charge in [0.2, 0.25) is 0 Å². The molecule has 7 nitrogen and oxygen atoms in total. The van der Waals surface area contributed by atoms with Crippen LogP contribution < -0.4 is 9.21 Å². The van der Waals surface area contributed by atoms with Crippen LogP contribution in [0.2, 0.25) is 0 Å². The maximum Gasteiger partial charge on any atom is 0.257 e. The van der Waals surface area contributed by atoms with Crippen molar-refractivity contribution in [2.24, 2.45) is 0 Å². The van der Waals surface area contributed by atoms with E-state index < -0.39 is 10.0 Å². The Labute approximate surface area is 151 Å². The fraction of sp³-hybridized carbons (Fsp3) is 0.647. The number of aryl methyl sites for hydroxylation is 1. The lowest BCUT2D eigenvalue weighted by Crippen LogP contribution is -2.56. The molecule has 0 atom stereocenters. The molecule has 1 aromatic rings. The number of rotatable bonds is 7. The molecule has 0 unspecified atom stereocenters. The molecule has 0 radical (unpaired) electrons. The van der Waals surface area contributed by atoms with Crippen LogP contribution >= 0.6 is 0 Å². The minimum Gasteiger partial charge on any atom is -0.496 e. The molecule has 1 aliphatic rings. The number of likely N-dealkylation sites (N-methyl/N-ethyl adjacent to an activating group) is 2. The molecule has 0 amide bonds. The molecular weight excluding hydrogens is 342 g/mol. The van der Waals surface area contributed by atoms with E-state index >= 15 is 0 Å². The van der Waals surface area contributed by atoms with E-state index in [9.17, 15) is 13.6 Å². The zero-order chi connectivity index (χ0) is 18.7. The summed E-state index contributed by atoms with van der Waals surface area (Å²) in [4.78, 5) is 2.29. The second kappa shape index (κ2) is 7.90. The topological polar surface area (TPSA) is 70.1 Å². The van der Waals surface area contributed by atoms with Crippen LogP contribution in [0.5, 0.6) is 5.75 Å². The maximum atomic E-state index is 12.4. The Kier molecular flexibility index (Phi) is 6.31. The Balaban J connectivity index is 1.96. The highest BCUT2D eigenvalue weighted by molar-refractivity contribution is 7.92. The summed E-state index contributed by atoms with van der Waals surface area (Å²) >= 11 is 0. The first-order valence-electron chi connectivity index (χ1n) is 8.55. The molecule has 0 bridgehead atoms. The highest BCUT2D eigenvalue weighted by Crippen LogP contribution is 2.26. The Morgan fingerprint density at radius 2 is 1.96 bits per heavy atom. The van der Waals surface area contributed by atoms with Crippen molar-refractivity contribution in [1.29, 1.82) is 0 Å². The number of ether oxygens (including phenoxy) is 1. The first-order valence-corrected chi connectivity index (χ1v) is 10.2. The van der Waals surface area contributed by atoms with Crippen molar-refractivity contribution in [2.75, 3.05) is 64.2 Å². The minimum absolute atomic E-state index is 0.0800. The van der Waals surface area contributed by atoms with Gasteiger partial charge >= 0.3 is 0 Å². The highest BCUT2D eigenvalue weighted by atomic mass is 32.2. The normalized spacial score (nSPS) is 18.1.